The van der Waals surface area contributed by atoms with Crippen LogP contribution in [-0.2, 0) is 6.54 Å². The first-order valence-corrected chi connectivity index (χ1v) is 7.59. The summed E-state index contributed by atoms with van der Waals surface area (Å²) in [6, 6.07) is 0.533. The minimum atomic E-state index is 0.533. The maximum Gasteiger partial charge on any atom is 0.107 e. The molecule has 1 fully saturated rings. The molecule has 2 aromatic heterocycles. The Kier molecular flexibility index (Phi) is 3.91. The van der Waals surface area contributed by atoms with Crippen molar-refractivity contribution in [3.63, 3.8) is 0 Å². The Labute approximate surface area is 117 Å². The lowest BCUT2D eigenvalue weighted by Gasteiger charge is -2.22. The van der Waals surface area contributed by atoms with Crippen molar-refractivity contribution < 1.29 is 0 Å². The van der Waals surface area contributed by atoms with Crippen LogP contribution < -0.4 is 10.6 Å². The molecule has 2 N–H and O–H groups in total. The van der Waals surface area contributed by atoms with E-state index in [1.807, 2.05) is 13.2 Å². The van der Waals surface area contributed by atoms with E-state index >= 15 is 0 Å². The molecule has 102 valence electrons. The van der Waals surface area contributed by atoms with E-state index in [0.717, 1.165) is 48.7 Å². The fourth-order valence-corrected chi connectivity index (χ4v) is 3.23. The number of piperidine rings is 1. The van der Waals surface area contributed by atoms with Gasteiger partial charge in [0.25, 0.3) is 0 Å². The Morgan fingerprint density at radius 3 is 3.11 bits per heavy atom. The van der Waals surface area contributed by atoms with Gasteiger partial charge in [-0.15, -0.1) is 11.3 Å². The molecular weight excluding hydrogens is 258 g/mol. The predicted molar refractivity (Wildman–Crippen MR) is 77.2 cm³/mol. The minimum absolute atomic E-state index is 0.533. The molecule has 6 heteroatoms. The van der Waals surface area contributed by atoms with Gasteiger partial charge in [-0.3, -0.25) is 4.68 Å². The van der Waals surface area contributed by atoms with Gasteiger partial charge in [0.1, 0.15) is 5.01 Å². The number of hydrogen-bond donors (Lipinski definition) is 2. The van der Waals surface area contributed by atoms with Gasteiger partial charge in [0, 0.05) is 23.7 Å². The van der Waals surface area contributed by atoms with E-state index in [0.29, 0.717) is 6.04 Å². The fraction of sp³-hybridized carbons (Fsp3) is 0.538. The molecule has 3 heterocycles. The minimum Gasteiger partial charge on any atom is -0.317 e. The summed E-state index contributed by atoms with van der Waals surface area (Å²) >= 11 is 1.69. The third-order valence-corrected chi connectivity index (χ3v) is 4.31. The molecule has 0 unspecified atom stereocenters. The van der Waals surface area contributed by atoms with Gasteiger partial charge in [0.2, 0.25) is 0 Å². The SMILES string of the molecule is CNCc1nc(-c2cnn(C3CCNCC3)c2)cs1. The number of hydrogen-bond acceptors (Lipinski definition) is 5. The van der Waals surface area contributed by atoms with Crippen LogP contribution in [0.4, 0.5) is 0 Å². The topological polar surface area (TPSA) is 54.8 Å². The Morgan fingerprint density at radius 1 is 1.47 bits per heavy atom. The Bertz CT molecular complexity index is 527. The summed E-state index contributed by atoms with van der Waals surface area (Å²) in [6.45, 7) is 3.00. The van der Waals surface area contributed by atoms with Crippen molar-refractivity contribution in [2.75, 3.05) is 20.1 Å². The zero-order chi connectivity index (χ0) is 13.1. The highest BCUT2D eigenvalue weighted by Crippen LogP contribution is 2.24. The molecule has 0 radical (unpaired) electrons. The average molecular weight is 277 g/mol. The lowest BCUT2D eigenvalue weighted by atomic mass is 10.1. The van der Waals surface area contributed by atoms with Gasteiger partial charge >= 0.3 is 0 Å². The normalized spacial score (nSPS) is 16.9. The molecular formula is C13H19N5S. The van der Waals surface area contributed by atoms with Gasteiger partial charge in [0.15, 0.2) is 0 Å². The van der Waals surface area contributed by atoms with Gasteiger partial charge in [-0.05, 0) is 33.0 Å². The second-order valence-corrected chi connectivity index (χ2v) is 5.79. The Morgan fingerprint density at radius 2 is 2.32 bits per heavy atom. The van der Waals surface area contributed by atoms with Crippen molar-refractivity contribution in [1.29, 1.82) is 0 Å². The van der Waals surface area contributed by atoms with E-state index in [4.69, 9.17) is 0 Å². The third kappa shape index (κ3) is 2.86. The summed E-state index contributed by atoms with van der Waals surface area (Å²) in [4.78, 5) is 4.62. The van der Waals surface area contributed by atoms with Gasteiger partial charge < -0.3 is 10.6 Å². The predicted octanol–water partition coefficient (Wildman–Crippen LogP) is 1.65. The summed E-state index contributed by atoms with van der Waals surface area (Å²) in [5.74, 6) is 0. The molecule has 1 saturated heterocycles. The molecule has 0 spiro atoms. The monoisotopic (exact) mass is 277 g/mol. The highest BCUT2D eigenvalue weighted by molar-refractivity contribution is 7.09. The standard InChI is InChI=1S/C13H19N5S/c1-14-7-13-17-12(9-19-13)10-6-16-18(8-10)11-2-4-15-5-3-11/h6,8-9,11,14-15H,2-5,7H2,1H3. The highest BCUT2D eigenvalue weighted by atomic mass is 32.1. The van der Waals surface area contributed by atoms with Gasteiger partial charge in [0.05, 0.1) is 17.9 Å². The van der Waals surface area contributed by atoms with E-state index in [1.54, 1.807) is 11.3 Å². The maximum atomic E-state index is 4.62. The molecule has 1 aliphatic rings. The van der Waals surface area contributed by atoms with Crippen LogP contribution in [0.3, 0.4) is 0 Å². The second-order valence-electron chi connectivity index (χ2n) is 4.85. The fourth-order valence-electron chi connectivity index (χ4n) is 2.42. The first-order chi connectivity index (χ1) is 9.36. The molecule has 0 bridgehead atoms. The van der Waals surface area contributed by atoms with E-state index in [9.17, 15) is 0 Å². The zero-order valence-electron chi connectivity index (χ0n) is 11.1. The smallest absolute Gasteiger partial charge is 0.107 e. The van der Waals surface area contributed by atoms with Crippen LogP contribution in [0, 0.1) is 0 Å². The molecule has 5 nitrogen and oxygen atoms in total. The lowest BCUT2D eigenvalue weighted by molar-refractivity contribution is 0.343. The van der Waals surface area contributed by atoms with Crippen molar-refractivity contribution in [2.45, 2.75) is 25.4 Å². The first-order valence-electron chi connectivity index (χ1n) is 6.71. The van der Waals surface area contributed by atoms with Crippen LogP contribution in [0.5, 0.6) is 0 Å². The van der Waals surface area contributed by atoms with Gasteiger partial charge in [-0.25, -0.2) is 4.98 Å². The summed E-state index contributed by atoms with van der Waals surface area (Å²) in [6.07, 6.45) is 6.38. The summed E-state index contributed by atoms with van der Waals surface area (Å²) < 4.78 is 2.10. The molecule has 0 aromatic carbocycles. The highest BCUT2D eigenvalue weighted by Gasteiger charge is 2.16. The Balaban J connectivity index is 1.75. The molecule has 0 saturated carbocycles. The third-order valence-electron chi connectivity index (χ3n) is 3.46. The molecule has 1 aliphatic heterocycles. The number of rotatable bonds is 4. The number of nitrogens with zero attached hydrogens (tertiary/aromatic N) is 3. The van der Waals surface area contributed by atoms with Crippen LogP contribution in [0.1, 0.15) is 23.9 Å². The molecule has 0 aliphatic carbocycles. The average Bonchev–Trinajstić information content (AvgIpc) is 3.08. The quantitative estimate of drug-likeness (QED) is 0.892. The van der Waals surface area contributed by atoms with Crippen LogP contribution in [0.15, 0.2) is 17.8 Å². The zero-order valence-corrected chi connectivity index (χ0v) is 11.9. The molecule has 0 atom stereocenters. The van der Waals surface area contributed by atoms with Gasteiger partial charge in [-0.1, -0.05) is 0 Å². The van der Waals surface area contributed by atoms with E-state index in [-0.39, 0.29) is 0 Å². The van der Waals surface area contributed by atoms with Crippen molar-refractivity contribution in [1.82, 2.24) is 25.4 Å². The molecule has 3 rings (SSSR count). The molecule has 19 heavy (non-hydrogen) atoms. The number of aromatic nitrogens is 3. The first kappa shape index (κ1) is 12.8. The second kappa shape index (κ2) is 5.81. The molecule has 2 aromatic rings. The largest absolute Gasteiger partial charge is 0.317 e. The summed E-state index contributed by atoms with van der Waals surface area (Å²) in [5.41, 5.74) is 2.16. The van der Waals surface area contributed by atoms with Crippen LogP contribution in [-0.4, -0.2) is 34.9 Å². The van der Waals surface area contributed by atoms with E-state index in [2.05, 4.69) is 37.0 Å². The van der Waals surface area contributed by atoms with Crippen molar-refractivity contribution in [3.8, 4) is 11.3 Å². The Hall–Kier alpha value is -1.24. The summed E-state index contributed by atoms with van der Waals surface area (Å²) in [7, 11) is 1.94. The summed E-state index contributed by atoms with van der Waals surface area (Å²) in [5, 5.41) is 14.2. The van der Waals surface area contributed by atoms with E-state index < -0.39 is 0 Å². The lowest BCUT2D eigenvalue weighted by Crippen LogP contribution is -2.29. The van der Waals surface area contributed by atoms with Gasteiger partial charge in [-0.2, -0.15) is 5.10 Å². The van der Waals surface area contributed by atoms with E-state index in [1.165, 1.54) is 0 Å². The van der Waals surface area contributed by atoms with Crippen LogP contribution in [0.25, 0.3) is 11.3 Å². The maximum absolute atomic E-state index is 4.62. The number of thiazole rings is 1. The molecule has 0 amide bonds. The van der Waals surface area contributed by atoms with Crippen molar-refractivity contribution in [3.05, 3.63) is 22.8 Å². The van der Waals surface area contributed by atoms with Crippen molar-refractivity contribution >= 4 is 11.3 Å². The number of nitrogens with one attached hydrogen (secondary N) is 2. The van der Waals surface area contributed by atoms with Crippen molar-refractivity contribution in [2.24, 2.45) is 0 Å². The van der Waals surface area contributed by atoms with Crippen LogP contribution in [0.2, 0.25) is 0 Å². The van der Waals surface area contributed by atoms with Crippen LogP contribution >= 0.6 is 11.3 Å².